The van der Waals surface area contributed by atoms with Crippen molar-refractivity contribution in [2.24, 2.45) is 0 Å². The van der Waals surface area contributed by atoms with E-state index in [0.29, 0.717) is 26.1 Å². The Morgan fingerprint density at radius 1 is 0.519 bits per heavy atom. The molecule has 0 fully saturated rings. The summed E-state index contributed by atoms with van der Waals surface area (Å²) in [6.07, 6.45) is 38.6. The van der Waals surface area contributed by atoms with Gasteiger partial charge in [-0.1, -0.05) is 155 Å². The highest BCUT2D eigenvalue weighted by atomic mass is 16.5. The molecule has 0 aliphatic heterocycles. The third-order valence-corrected chi connectivity index (χ3v) is 10.0. The molecule has 1 N–H and O–H groups in total. The SMILES string of the molecule is C=C/C=C(CCCCCC)\C(=C/COC(=O)CCCCCCCN(CCO)CCCCCCCC(=O)OCCCCCCCCC)CCCCCC. The van der Waals surface area contributed by atoms with Crippen LogP contribution < -0.4 is 0 Å². The normalized spacial score (nSPS) is 12.1. The van der Waals surface area contributed by atoms with Gasteiger partial charge < -0.3 is 19.5 Å². The number of carbonyl (C=O) groups excluding carboxylic acids is 2. The van der Waals surface area contributed by atoms with Crippen LogP contribution in [0.3, 0.4) is 0 Å². The Hall–Kier alpha value is -1.92. The zero-order chi connectivity index (χ0) is 38.2. The summed E-state index contributed by atoms with van der Waals surface area (Å²) in [6, 6.07) is 0. The van der Waals surface area contributed by atoms with Gasteiger partial charge in [-0.2, -0.15) is 0 Å². The van der Waals surface area contributed by atoms with E-state index in [1.54, 1.807) is 0 Å². The van der Waals surface area contributed by atoms with E-state index >= 15 is 0 Å². The highest BCUT2D eigenvalue weighted by molar-refractivity contribution is 5.69. The molecule has 0 saturated carbocycles. The van der Waals surface area contributed by atoms with Gasteiger partial charge in [-0.3, -0.25) is 9.59 Å². The lowest BCUT2D eigenvalue weighted by Gasteiger charge is -2.21. The molecule has 0 aliphatic rings. The first-order valence-electron chi connectivity index (χ1n) is 22.2. The van der Waals surface area contributed by atoms with E-state index in [9.17, 15) is 14.7 Å². The number of nitrogens with zero attached hydrogens (tertiary/aromatic N) is 1. The van der Waals surface area contributed by atoms with Crippen molar-refractivity contribution in [2.75, 3.05) is 39.5 Å². The maximum Gasteiger partial charge on any atom is 0.306 e. The number of rotatable bonds is 40. The van der Waals surface area contributed by atoms with E-state index < -0.39 is 0 Å². The summed E-state index contributed by atoms with van der Waals surface area (Å²) in [5, 5.41) is 9.53. The topological polar surface area (TPSA) is 76.1 Å². The van der Waals surface area contributed by atoms with E-state index in [2.05, 4.69) is 44.4 Å². The summed E-state index contributed by atoms with van der Waals surface area (Å²) in [5.74, 6) is -0.129. The molecule has 0 aliphatic carbocycles. The summed E-state index contributed by atoms with van der Waals surface area (Å²) >= 11 is 0. The van der Waals surface area contributed by atoms with Crippen molar-refractivity contribution in [3.05, 3.63) is 36.0 Å². The second-order valence-corrected chi connectivity index (χ2v) is 14.9. The van der Waals surface area contributed by atoms with Gasteiger partial charge in [0, 0.05) is 19.4 Å². The first-order chi connectivity index (χ1) is 25.5. The Bertz CT molecular complexity index is 882. The molecule has 0 amide bonds. The van der Waals surface area contributed by atoms with Crippen LogP contribution in [0.5, 0.6) is 0 Å². The molecule has 52 heavy (non-hydrogen) atoms. The van der Waals surface area contributed by atoms with Crippen LogP contribution in [0.4, 0.5) is 0 Å². The van der Waals surface area contributed by atoms with Gasteiger partial charge in [-0.25, -0.2) is 0 Å². The Morgan fingerprint density at radius 3 is 1.46 bits per heavy atom. The summed E-state index contributed by atoms with van der Waals surface area (Å²) in [4.78, 5) is 26.8. The zero-order valence-electron chi connectivity index (χ0n) is 34.7. The molecule has 0 unspecified atom stereocenters. The summed E-state index contributed by atoms with van der Waals surface area (Å²) in [6.45, 7) is 14.6. The molecule has 6 heteroatoms. The minimum atomic E-state index is -0.0911. The van der Waals surface area contributed by atoms with E-state index in [1.807, 2.05) is 6.08 Å². The van der Waals surface area contributed by atoms with Crippen LogP contribution in [0.1, 0.15) is 207 Å². The number of carbonyl (C=O) groups is 2. The van der Waals surface area contributed by atoms with Gasteiger partial charge in [0.1, 0.15) is 6.61 Å². The van der Waals surface area contributed by atoms with Crippen molar-refractivity contribution < 1.29 is 24.2 Å². The van der Waals surface area contributed by atoms with Crippen molar-refractivity contribution in [1.82, 2.24) is 4.90 Å². The molecule has 0 saturated heterocycles. The van der Waals surface area contributed by atoms with Gasteiger partial charge in [0.05, 0.1) is 13.2 Å². The third kappa shape index (κ3) is 33.9. The van der Waals surface area contributed by atoms with Crippen LogP contribution in [-0.2, 0) is 19.1 Å². The van der Waals surface area contributed by atoms with Crippen molar-refractivity contribution in [3.63, 3.8) is 0 Å². The van der Waals surface area contributed by atoms with Crippen molar-refractivity contribution >= 4 is 11.9 Å². The molecule has 0 bridgehead atoms. The maximum absolute atomic E-state index is 12.5. The number of hydrogen-bond acceptors (Lipinski definition) is 6. The van der Waals surface area contributed by atoms with Gasteiger partial charge in [0.15, 0.2) is 0 Å². The van der Waals surface area contributed by atoms with Crippen molar-refractivity contribution in [2.45, 2.75) is 207 Å². The molecular formula is C46H85NO5. The third-order valence-electron chi connectivity index (χ3n) is 10.0. The molecule has 0 spiro atoms. The fourth-order valence-corrected chi connectivity index (χ4v) is 6.74. The van der Waals surface area contributed by atoms with Crippen LogP contribution in [-0.4, -0.2) is 61.4 Å². The number of allylic oxidation sites excluding steroid dienone is 4. The van der Waals surface area contributed by atoms with Gasteiger partial charge in [-0.05, 0) is 88.1 Å². The van der Waals surface area contributed by atoms with Crippen LogP contribution in [0.25, 0.3) is 0 Å². The molecule has 0 aromatic rings. The average molecular weight is 732 g/mol. The minimum Gasteiger partial charge on any atom is -0.466 e. The fourth-order valence-electron chi connectivity index (χ4n) is 6.74. The average Bonchev–Trinajstić information content (AvgIpc) is 3.14. The lowest BCUT2D eigenvalue weighted by atomic mass is 9.94. The number of esters is 2. The molecule has 304 valence electrons. The van der Waals surface area contributed by atoms with Gasteiger partial charge >= 0.3 is 11.9 Å². The number of hydrogen-bond donors (Lipinski definition) is 1. The summed E-state index contributed by atoms with van der Waals surface area (Å²) in [5.41, 5.74) is 2.69. The summed E-state index contributed by atoms with van der Waals surface area (Å²) in [7, 11) is 0. The predicted molar refractivity (Wildman–Crippen MR) is 223 cm³/mol. The van der Waals surface area contributed by atoms with Crippen molar-refractivity contribution in [1.29, 1.82) is 0 Å². The van der Waals surface area contributed by atoms with E-state index in [4.69, 9.17) is 9.47 Å². The highest BCUT2D eigenvalue weighted by Crippen LogP contribution is 2.24. The van der Waals surface area contributed by atoms with Gasteiger partial charge in [0.2, 0.25) is 0 Å². The Kier molecular flexibility index (Phi) is 38.8. The first kappa shape index (κ1) is 50.1. The highest BCUT2D eigenvalue weighted by Gasteiger charge is 2.09. The molecule has 0 radical (unpaired) electrons. The molecule has 0 atom stereocenters. The van der Waals surface area contributed by atoms with E-state index in [0.717, 1.165) is 110 Å². The maximum atomic E-state index is 12.5. The lowest BCUT2D eigenvalue weighted by Crippen LogP contribution is -2.29. The molecule has 0 aromatic heterocycles. The first-order valence-corrected chi connectivity index (χ1v) is 22.2. The largest absolute Gasteiger partial charge is 0.466 e. The van der Waals surface area contributed by atoms with Crippen LogP contribution in [0.15, 0.2) is 36.0 Å². The van der Waals surface area contributed by atoms with Crippen LogP contribution in [0.2, 0.25) is 0 Å². The van der Waals surface area contributed by atoms with E-state index in [1.165, 1.54) is 94.6 Å². The lowest BCUT2D eigenvalue weighted by molar-refractivity contribution is -0.144. The number of aliphatic hydroxyl groups excluding tert-OH is 1. The second kappa shape index (κ2) is 40.3. The van der Waals surface area contributed by atoms with Crippen LogP contribution >= 0.6 is 0 Å². The zero-order valence-corrected chi connectivity index (χ0v) is 34.7. The van der Waals surface area contributed by atoms with Crippen molar-refractivity contribution in [3.8, 4) is 0 Å². The molecule has 0 rings (SSSR count). The molecule has 0 aromatic carbocycles. The molecular weight excluding hydrogens is 647 g/mol. The van der Waals surface area contributed by atoms with Gasteiger partial charge in [-0.15, -0.1) is 0 Å². The van der Waals surface area contributed by atoms with E-state index in [-0.39, 0.29) is 18.5 Å². The smallest absolute Gasteiger partial charge is 0.306 e. The quantitative estimate of drug-likeness (QED) is 0.0384. The monoisotopic (exact) mass is 732 g/mol. The standard InChI is InChI=1S/C46H85NO5/c1-5-9-12-15-16-23-30-41-51-45(49)34-26-19-17-21-28-37-47(39-40-48)38-29-22-18-20-27-35-46(50)52-42-36-44(33-25-14-11-7-3)43(31-8-4)32-24-13-10-6-2/h8,31,36,48H,4-7,9-30,32-35,37-42H2,1-3H3/b43-31-,44-36-. The Morgan fingerprint density at radius 2 is 0.942 bits per heavy atom. The Labute approximate surface area is 322 Å². The minimum absolute atomic E-state index is 0.0375. The number of ether oxygens (including phenoxy) is 2. The van der Waals surface area contributed by atoms with Gasteiger partial charge in [0.25, 0.3) is 0 Å². The molecule has 0 heterocycles. The summed E-state index contributed by atoms with van der Waals surface area (Å²) < 4.78 is 11.1. The second-order valence-electron chi connectivity index (χ2n) is 14.9. The number of unbranched alkanes of at least 4 members (excludes halogenated alkanes) is 20. The Balaban J connectivity index is 4.11. The number of aliphatic hydroxyl groups is 1. The fraction of sp³-hybridized carbons (Fsp3) is 0.826. The van der Waals surface area contributed by atoms with Crippen LogP contribution in [0, 0.1) is 0 Å². The molecule has 6 nitrogen and oxygen atoms in total. The predicted octanol–water partition coefficient (Wildman–Crippen LogP) is 12.8.